The Hall–Kier alpha value is -3.91. The molecule has 0 atom stereocenters. The Kier molecular flexibility index (Phi) is 6.09. The summed E-state index contributed by atoms with van der Waals surface area (Å²) < 4.78 is 0. The van der Waals surface area contributed by atoms with E-state index >= 15 is 0 Å². The summed E-state index contributed by atoms with van der Waals surface area (Å²) in [6, 6.07) is 33.4. The number of anilines is 3. The number of hydrogen-bond acceptors (Lipinski definition) is 2. The largest absolute Gasteiger partial charge is 0.311 e. The highest BCUT2D eigenvalue weighted by atomic mass is 16.1. The maximum atomic E-state index is 11.2. The Labute approximate surface area is 184 Å². The molecule has 4 aromatic rings. The Morgan fingerprint density at radius 1 is 0.581 bits per heavy atom. The Bertz CT molecular complexity index is 1130. The monoisotopic (exact) mass is 403 g/mol. The van der Waals surface area contributed by atoms with Crippen LogP contribution < -0.4 is 4.90 Å². The molecule has 0 radical (unpaired) electrons. The second-order valence-electron chi connectivity index (χ2n) is 7.62. The third-order valence-electron chi connectivity index (χ3n) is 5.38. The van der Waals surface area contributed by atoms with E-state index in [2.05, 4.69) is 89.8 Å². The van der Waals surface area contributed by atoms with Crippen LogP contribution in [-0.2, 0) is 0 Å². The van der Waals surface area contributed by atoms with Crippen molar-refractivity contribution >= 4 is 35.5 Å². The fourth-order valence-electron chi connectivity index (χ4n) is 3.82. The molecule has 0 fully saturated rings. The van der Waals surface area contributed by atoms with Crippen LogP contribution in [0, 0.1) is 13.8 Å². The highest BCUT2D eigenvalue weighted by Gasteiger charge is 2.11. The number of aryl methyl sites for hydroxylation is 2. The molecular formula is C29H25NO. The second kappa shape index (κ2) is 9.27. The van der Waals surface area contributed by atoms with Crippen LogP contribution in [0.1, 0.15) is 32.6 Å². The van der Waals surface area contributed by atoms with Crippen LogP contribution in [0.25, 0.3) is 12.2 Å². The van der Waals surface area contributed by atoms with E-state index in [0.717, 1.165) is 51.2 Å². The number of aldehydes is 1. The van der Waals surface area contributed by atoms with Gasteiger partial charge in [0.1, 0.15) is 0 Å². The highest BCUT2D eigenvalue weighted by molar-refractivity contribution is 5.82. The number of nitrogens with zero attached hydrogens (tertiary/aromatic N) is 1. The topological polar surface area (TPSA) is 20.3 Å². The maximum Gasteiger partial charge on any atom is 0.150 e. The van der Waals surface area contributed by atoms with Crippen LogP contribution in [0.3, 0.4) is 0 Å². The average molecular weight is 404 g/mol. The first-order chi connectivity index (χ1) is 15.2. The lowest BCUT2D eigenvalue weighted by atomic mass is 9.99. The molecule has 0 amide bonds. The van der Waals surface area contributed by atoms with Crippen molar-refractivity contribution in [2.45, 2.75) is 13.8 Å². The number of benzene rings is 4. The summed E-state index contributed by atoms with van der Waals surface area (Å²) in [4.78, 5) is 13.5. The summed E-state index contributed by atoms with van der Waals surface area (Å²) in [7, 11) is 0. The molecule has 0 saturated heterocycles. The molecule has 0 aliphatic heterocycles. The highest BCUT2D eigenvalue weighted by Crippen LogP contribution is 2.34. The molecule has 0 spiro atoms. The molecule has 31 heavy (non-hydrogen) atoms. The zero-order valence-corrected chi connectivity index (χ0v) is 17.8. The molecule has 0 N–H and O–H groups in total. The van der Waals surface area contributed by atoms with Gasteiger partial charge in [-0.05, 0) is 72.5 Å². The minimum Gasteiger partial charge on any atom is -0.311 e. The molecule has 4 rings (SSSR count). The van der Waals surface area contributed by atoms with Crippen molar-refractivity contribution in [3.05, 3.63) is 125 Å². The summed E-state index contributed by atoms with van der Waals surface area (Å²) in [5.74, 6) is 0. The SMILES string of the molecule is Cc1cc(/C=C/c2ccc(N(c3ccccc3)c3ccccc3)cc2)cc(C)c1C=O. The van der Waals surface area contributed by atoms with Crippen molar-refractivity contribution in [3.8, 4) is 0 Å². The van der Waals surface area contributed by atoms with Gasteiger partial charge in [-0.1, -0.05) is 72.8 Å². The smallest absolute Gasteiger partial charge is 0.150 e. The molecule has 0 aliphatic carbocycles. The first kappa shape index (κ1) is 20.4. The molecule has 2 nitrogen and oxygen atoms in total. The number of carbonyl (C=O) groups is 1. The van der Waals surface area contributed by atoms with Crippen LogP contribution >= 0.6 is 0 Å². The normalized spacial score (nSPS) is 10.9. The van der Waals surface area contributed by atoms with Crippen LogP contribution in [0.4, 0.5) is 17.1 Å². The van der Waals surface area contributed by atoms with Crippen LogP contribution in [0.2, 0.25) is 0 Å². The molecule has 2 heteroatoms. The van der Waals surface area contributed by atoms with Crippen LogP contribution in [0.5, 0.6) is 0 Å². The lowest BCUT2D eigenvalue weighted by Gasteiger charge is -2.25. The van der Waals surface area contributed by atoms with Crippen LogP contribution in [0.15, 0.2) is 97.1 Å². The third-order valence-corrected chi connectivity index (χ3v) is 5.38. The van der Waals surface area contributed by atoms with Crippen molar-refractivity contribution in [3.63, 3.8) is 0 Å². The van der Waals surface area contributed by atoms with Gasteiger partial charge >= 0.3 is 0 Å². The van der Waals surface area contributed by atoms with Gasteiger partial charge in [-0.25, -0.2) is 0 Å². The van der Waals surface area contributed by atoms with E-state index < -0.39 is 0 Å². The summed E-state index contributed by atoms with van der Waals surface area (Å²) in [5, 5.41) is 0. The van der Waals surface area contributed by atoms with E-state index in [9.17, 15) is 4.79 Å². The molecule has 0 aliphatic rings. The Balaban J connectivity index is 1.62. The van der Waals surface area contributed by atoms with Gasteiger partial charge < -0.3 is 4.90 Å². The van der Waals surface area contributed by atoms with Gasteiger partial charge in [0.2, 0.25) is 0 Å². The molecule has 4 aromatic carbocycles. The van der Waals surface area contributed by atoms with Crippen LogP contribution in [-0.4, -0.2) is 6.29 Å². The zero-order chi connectivity index (χ0) is 21.6. The van der Waals surface area contributed by atoms with Gasteiger partial charge in [-0.15, -0.1) is 0 Å². The van der Waals surface area contributed by atoms with E-state index in [1.807, 2.05) is 38.1 Å². The van der Waals surface area contributed by atoms with E-state index in [1.165, 1.54) is 0 Å². The van der Waals surface area contributed by atoms with Gasteiger partial charge in [0.05, 0.1) is 0 Å². The van der Waals surface area contributed by atoms with Gasteiger partial charge in [0, 0.05) is 22.6 Å². The predicted octanol–water partition coefficient (Wildman–Crippen LogP) is 7.76. The average Bonchev–Trinajstić information content (AvgIpc) is 2.80. The van der Waals surface area contributed by atoms with Crippen molar-refractivity contribution in [2.24, 2.45) is 0 Å². The van der Waals surface area contributed by atoms with E-state index in [0.29, 0.717) is 0 Å². The molecule has 152 valence electrons. The number of hydrogen-bond donors (Lipinski definition) is 0. The molecule has 0 aromatic heterocycles. The van der Waals surface area contributed by atoms with Crippen molar-refractivity contribution in [2.75, 3.05) is 4.90 Å². The van der Waals surface area contributed by atoms with E-state index in [-0.39, 0.29) is 0 Å². The van der Waals surface area contributed by atoms with Crippen molar-refractivity contribution < 1.29 is 4.79 Å². The molecular weight excluding hydrogens is 378 g/mol. The lowest BCUT2D eigenvalue weighted by Crippen LogP contribution is -2.09. The van der Waals surface area contributed by atoms with Gasteiger partial charge in [-0.3, -0.25) is 4.79 Å². The van der Waals surface area contributed by atoms with Gasteiger partial charge in [-0.2, -0.15) is 0 Å². The first-order valence-electron chi connectivity index (χ1n) is 10.4. The number of rotatable bonds is 6. The summed E-state index contributed by atoms with van der Waals surface area (Å²) in [5.41, 5.74) is 8.37. The minimum absolute atomic E-state index is 0.781. The first-order valence-corrected chi connectivity index (χ1v) is 10.4. The summed E-state index contributed by atoms with van der Waals surface area (Å²) in [6.45, 7) is 3.95. The van der Waals surface area contributed by atoms with E-state index in [1.54, 1.807) is 0 Å². The van der Waals surface area contributed by atoms with Gasteiger partial charge in [0.25, 0.3) is 0 Å². The number of para-hydroxylation sites is 2. The Morgan fingerprint density at radius 3 is 1.52 bits per heavy atom. The standard InChI is InChI=1S/C29H25NO/c1-22-19-25(20-23(2)29(22)21-31)14-13-24-15-17-28(18-16-24)30(26-9-5-3-6-10-26)27-11-7-4-8-12-27/h3-21H,1-2H3/b14-13+. The predicted molar refractivity (Wildman–Crippen MR) is 131 cm³/mol. The van der Waals surface area contributed by atoms with Gasteiger partial charge in [0.15, 0.2) is 6.29 Å². The second-order valence-corrected chi connectivity index (χ2v) is 7.62. The zero-order valence-electron chi connectivity index (χ0n) is 17.8. The lowest BCUT2D eigenvalue weighted by molar-refractivity contribution is 0.112. The van der Waals surface area contributed by atoms with Crippen molar-refractivity contribution in [1.82, 2.24) is 0 Å². The minimum atomic E-state index is 0.781. The number of carbonyl (C=O) groups excluding carboxylic acids is 1. The van der Waals surface area contributed by atoms with Crippen molar-refractivity contribution in [1.29, 1.82) is 0 Å². The quantitative estimate of drug-likeness (QED) is 0.242. The summed E-state index contributed by atoms with van der Waals surface area (Å²) >= 11 is 0. The summed E-state index contributed by atoms with van der Waals surface area (Å²) in [6.07, 6.45) is 5.13. The fraction of sp³-hybridized carbons (Fsp3) is 0.0690. The maximum absolute atomic E-state index is 11.2. The molecule has 0 heterocycles. The van der Waals surface area contributed by atoms with E-state index in [4.69, 9.17) is 0 Å². The Morgan fingerprint density at radius 2 is 1.03 bits per heavy atom. The molecule has 0 saturated carbocycles. The third kappa shape index (κ3) is 4.65. The fourth-order valence-corrected chi connectivity index (χ4v) is 3.82. The molecule has 0 unspecified atom stereocenters. The molecule has 0 bridgehead atoms.